The number of hydrogen-bond donors (Lipinski definition) is 2. The average Bonchev–Trinajstić information content (AvgIpc) is 2.93. The van der Waals surface area contributed by atoms with E-state index in [1.54, 1.807) is 17.1 Å². The molecule has 1 atom stereocenters. The van der Waals surface area contributed by atoms with E-state index in [0.717, 1.165) is 30.5 Å². The zero-order valence-electron chi connectivity index (χ0n) is 14.1. The molecule has 0 spiro atoms. The zero-order valence-corrected chi connectivity index (χ0v) is 14.1. The summed E-state index contributed by atoms with van der Waals surface area (Å²) in [5.74, 6) is 0.203. The number of aliphatic hydroxyl groups is 1. The van der Waals surface area contributed by atoms with Crippen LogP contribution >= 0.6 is 0 Å². The average molecular weight is 328 g/mol. The number of aliphatic hydroxyl groups excluding tert-OH is 1. The Balaban J connectivity index is 1.74. The molecule has 0 radical (unpaired) electrons. The fraction of sp³-hybridized carbons (Fsp3) is 0.500. The number of rotatable bonds is 6. The molecule has 0 aliphatic heterocycles. The maximum absolute atomic E-state index is 12.7. The van der Waals surface area contributed by atoms with Crippen molar-refractivity contribution >= 4 is 5.91 Å². The van der Waals surface area contributed by atoms with Gasteiger partial charge in [0.05, 0.1) is 11.8 Å². The molecule has 1 aliphatic rings. The maximum Gasteiger partial charge on any atom is 0.269 e. The highest BCUT2D eigenvalue weighted by molar-refractivity contribution is 5.92. The molecule has 1 amide bonds. The van der Waals surface area contributed by atoms with E-state index in [9.17, 15) is 9.90 Å². The lowest BCUT2D eigenvalue weighted by molar-refractivity contribution is 0.0238. The first-order chi connectivity index (χ1) is 11.6. The molecule has 6 nitrogen and oxygen atoms in total. The van der Waals surface area contributed by atoms with Gasteiger partial charge in [0.2, 0.25) is 0 Å². The maximum atomic E-state index is 12.7. The van der Waals surface area contributed by atoms with Gasteiger partial charge in [-0.05, 0) is 62.8 Å². The van der Waals surface area contributed by atoms with Gasteiger partial charge < -0.3 is 10.4 Å². The molecular formula is C18H24N4O2. The van der Waals surface area contributed by atoms with E-state index in [4.69, 9.17) is 0 Å². The Morgan fingerprint density at radius 3 is 2.75 bits per heavy atom. The first-order valence-corrected chi connectivity index (χ1v) is 8.49. The van der Waals surface area contributed by atoms with Crippen molar-refractivity contribution in [2.45, 2.75) is 51.8 Å². The van der Waals surface area contributed by atoms with Crippen LogP contribution in [0.15, 0.2) is 30.6 Å². The molecule has 1 aliphatic carbocycles. The van der Waals surface area contributed by atoms with Gasteiger partial charge in [-0.1, -0.05) is 0 Å². The standard InChI is InChI=1S/C18H24N4O2/c1-3-22-17(8-12(2)21-22)18(24)20-16(14-10-15(23)11-14)9-13-4-6-19-7-5-13/h4-8,14-16,23H,3,9-11H2,1-2H3,(H,20,24). The molecule has 0 saturated heterocycles. The molecule has 6 heteroatoms. The van der Waals surface area contributed by atoms with Crippen molar-refractivity contribution in [3.63, 3.8) is 0 Å². The van der Waals surface area contributed by atoms with Crippen molar-refractivity contribution in [3.8, 4) is 0 Å². The Labute approximate surface area is 141 Å². The minimum atomic E-state index is -0.241. The van der Waals surface area contributed by atoms with Crippen LogP contribution in [-0.4, -0.2) is 37.9 Å². The third kappa shape index (κ3) is 3.64. The van der Waals surface area contributed by atoms with Gasteiger partial charge in [0, 0.05) is 25.0 Å². The van der Waals surface area contributed by atoms with Crippen LogP contribution in [0.3, 0.4) is 0 Å². The Kier molecular flexibility index (Phi) is 4.94. The molecule has 2 N–H and O–H groups in total. The van der Waals surface area contributed by atoms with Crippen LogP contribution in [0.25, 0.3) is 0 Å². The third-order valence-corrected chi connectivity index (χ3v) is 4.67. The molecular weight excluding hydrogens is 304 g/mol. The molecule has 3 rings (SSSR count). The molecule has 2 heterocycles. The minimum absolute atomic E-state index is 0.00353. The second-order valence-corrected chi connectivity index (χ2v) is 6.51. The number of hydrogen-bond acceptors (Lipinski definition) is 4. The van der Waals surface area contributed by atoms with Crippen molar-refractivity contribution in [3.05, 3.63) is 47.5 Å². The van der Waals surface area contributed by atoms with Crippen LogP contribution in [-0.2, 0) is 13.0 Å². The highest BCUT2D eigenvalue weighted by atomic mass is 16.3. The molecule has 0 aromatic carbocycles. The van der Waals surface area contributed by atoms with E-state index in [1.165, 1.54) is 0 Å². The summed E-state index contributed by atoms with van der Waals surface area (Å²) in [6, 6.07) is 5.75. The number of nitrogens with one attached hydrogen (secondary N) is 1. The first-order valence-electron chi connectivity index (χ1n) is 8.49. The SMILES string of the molecule is CCn1nc(C)cc1C(=O)NC(Cc1ccncc1)C1CC(O)C1. The molecule has 1 unspecified atom stereocenters. The van der Waals surface area contributed by atoms with Gasteiger partial charge in [-0.2, -0.15) is 5.10 Å². The van der Waals surface area contributed by atoms with Gasteiger partial charge in [0.1, 0.15) is 5.69 Å². The number of amides is 1. The number of carbonyl (C=O) groups is 1. The molecule has 24 heavy (non-hydrogen) atoms. The lowest BCUT2D eigenvalue weighted by Gasteiger charge is -2.38. The van der Waals surface area contributed by atoms with Crippen LogP contribution < -0.4 is 5.32 Å². The Morgan fingerprint density at radius 2 is 2.12 bits per heavy atom. The fourth-order valence-corrected chi connectivity index (χ4v) is 3.28. The molecule has 1 saturated carbocycles. The largest absolute Gasteiger partial charge is 0.393 e. The van der Waals surface area contributed by atoms with Gasteiger partial charge in [-0.3, -0.25) is 14.5 Å². The summed E-state index contributed by atoms with van der Waals surface area (Å²) < 4.78 is 1.73. The third-order valence-electron chi connectivity index (χ3n) is 4.67. The summed E-state index contributed by atoms with van der Waals surface area (Å²) >= 11 is 0. The summed E-state index contributed by atoms with van der Waals surface area (Å²) in [4.78, 5) is 16.8. The fourth-order valence-electron chi connectivity index (χ4n) is 3.28. The number of aromatic nitrogens is 3. The van der Waals surface area contributed by atoms with Crippen molar-refractivity contribution in [2.75, 3.05) is 0 Å². The second kappa shape index (κ2) is 7.13. The van der Waals surface area contributed by atoms with Crippen LogP contribution in [0.5, 0.6) is 0 Å². The molecule has 0 bridgehead atoms. The van der Waals surface area contributed by atoms with Crippen molar-refractivity contribution in [2.24, 2.45) is 5.92 Å². The van der Waals surface area contributed by atoms with Crippen molar-refractivity contribution < 1.29 is 9.90 Å². The van der Waals surface area contributed by atoms with Crippen molar-refractivity contribution in [1.82, 2.24) is 20.1 Å². The summed E-state index contributed by atoms with van der Waals surface area (Å²) in [6.07, 6.45) is 5.50. The van der Waals surface area contributed by atoms with Crippen LogP contribution in [0.4, 0.5) is 0 Å². The molecule has 128 valence electrons. The van der Waals surface area contributed by atoms with Gasteiger partial charge in [0.15, 0.2) is 0 Å². The number of carbonyl (C=O) groups excluding carboxylic acids is 1. The van der Waals surface area contributed by atoms with Gasteiger partial charge in [0.25, 0.3) is 5.91 Å². The number of nitrogens with zero attached hydrogens (tertiary/aromatic N) is 3. The molecule has 2 aromatic heterocycles. The van der Waals surface area contributed by atoms with E-state index >= 15 is 0 Å². The summed E-state index contributed by atoms with van der Waals surface area (Å²) in [7, 11) is 0. The highest BCUT2D eigenvalue weighted by Gasteiger charge is 2.35. The summed E-state index contributed by atoms with van der Waals surface area (Å²) in [5.41, 5.74) is 2.57. The number of pyridine rings is 1. The monoisotopic (exact) mass is 328 g/mol. The van der Waals surface area contributed by atoms with Crippen LogP contribution in [0, 0.1) is 12.8 Å². The minimum Gasteiger partial charge on any atom is -0.393 e. The summed E-state index contributed by atoms with van der Waals surface area (Å²) in [6.45, 7) is 4.52. The van der Waals surface area contributed by atoms with E-state index in [0.29, 0.717) is 18.2 Å². The first kappa shape index (κ1) is 16.6. The predicted molar refractivity (Wildman–Crippen MR) is 90.6 cm³/mol. The second-order valence-electron chi connectivity index (χ2n) is 6.51. The zero-order chi connectivity index (χ0) is 17.1. The van der Waals surface area contributed by atoms with Crippen LogP contribution in [0.1, 0.15) is 41.5 Å². The van der Waals surface area contributed by atoms with Gasteiger partial charge in [-0.25, -0.2) is 0 Å². The highest BCUT2D eigenvalue weighted by Crippen LogP contribution is 2.31. The normalized spacial score (nSPS) is 21.1. The topological polar surface area (TPSA) is 80.0 Å². The predicted octanol–water partition coefficient (Wildman–Crippen LogP) is 1.72. The van der Waals surface area contributed by atoms with E-state index in [2.05, 4.69) is 15.4 Å². The van der Waals surface area contributed by atoms with Crippen molar-refractivity contribution in [1.29, 1.82) is 0 Å². The number of aryl methyl sites for hydroxylation is 2. The Hall–Kier alpha value is -2.21. The molecule has 2 aromatic rings. The smallest absolute Gasteiger partial charge is 0.269 e. The lowest BCUT2D eigenvalue weighted by Crippen LogP contribution is -2.48. The van der Waals surface area contributed by atoms with E-state index in [1.807, 2.05) is 32.0 Å². The Bertz CT molecular complexity index is 692. The molecule has 1 fully saturated rings. The lowest BCUT2D eigenvalue weighted by atomic mass is 9.75. The quantitative estimate of drug-likeness (QED) is 0.846. The Morgan fingerprint density at radius 1 is 1.42 bits per heavy atom. The van der Waals surface area contributed by atoms with Crippen LogP contribution in [0.2, 0.25) is 0 Å². The van der Waals surface area contributed by atoms with E-state index in [-0.39, 0.29) is 18.1 Å². The van der Waals surface area contributed by atoms with E-state index < -0.39 is 0 Å². The summed E-state index contributed by atoms with van der Waals surface area (Å²) in [5, 5.41) is 17.1. The van der Waals surface area contributed by atoms with Gasteiger partial charge in [-0.15, -0.1) is 0 Å². The van der Waals surface area contributed by atoms with Gasteiger partial charge >= 0.3 is 0 Å².